The van der Waals surface area contributed by atoms with Crippen LogP contribution in [0.25, 0.3) is 0 Å². The molecule has 0 aliphatic carbocycles. The lowest BCUT2D eigenvalue weighted by Gasteiger charge is -2.07. The Balaban J connectivity index is 2.10. The highest BCUT2D eigenvalue weighted by Gasteiger charge is 2.02. The fourth-order valence-electron chi connectivity index (χ4n) is 1.55. The van der Waals surface area contributed by atoms with Gasteiger partial charge in [-0.3, -0.25) is 4.79 Å². The lowest BCUT2D eigenvalue weighted by molar-refractivity contribution is -0.121. The molecule has 0 heterocycles. The molecule has 0 bridgehead atoms. The van der Waals surface area contributed by atoms with Gasteiger partial charge in [-0.05, 0) is 24.1 Å². The fraction of sp³-hybridized carbons (Fsp3) is 0.533. The van der Waals surface area contributed by atoms with Crippen LogP contribution in [0.1, 0.15) is 25.3 Å². The Bertz CT molecular complexity index is 379. The second-order valence-electron chi connectivity index (χ2n) is 4.47. The summed E-state index contributed by atoms with van der Waals surface area (Å²) in [6, 6.07) is 7.43. The van der Waals surface area contributed by atoms with Crippen molar-refractivity contribution in [1.29, 1.82) is 0 Å². The molecule has 0 aromatic heterocycles. The number of carbonyl (C=O) groups is 1. The van der Waals surface area contributed by atoms with Gasteiger partial charge in [0.05, 0.1) is 13.2 Å². The maximum absolute atomic E-state index is 11.6. The Morgan fingerprint density at radius 3 is 2.50 bits per heavy atom. The van der Waals surface area contributed by atoms with Crippen LogP contribution in [-0.2, 0) is 20.8 Å². The Hall–Kier alpha value is -1.43. The van der Waals surface area contributed by atoms with Gasteiger partial charge in [0.1, 0.15) is 6.61 Å². The van der Waals surface area contributed by atoms with Crippen LogP contribution < -0.4 is 11.1 Å². The third kappa shape index (κ3) is 7.23. The van der Waals surface area contributed by atoms with Gasteiger partial charge < -0.3 is 20.5 Å². The summed E-state index contributed by atoms with van der Waals surface area (Å²) in [7, 11) is 0. The lowest BCUT2D eigenvalue weighted by Crippen LogP contribution is -2.19. The first-order valence-electron chi connectivity index (χ1n) is 7.00. The normalized spacial score (nSPS) is 10.5. The molecule has 0 atom stereocenters. The first kappa shape index (κ1) is 16.6. The van der Waals surface area contributed by atoms with Gasteiger partial charge in [-0.25, -0.2) is 0 Å². The minimum Gasteiger partial charge on any atom is -0.379 e. The topological polar surface area (TPSA) is 73.6 Å². The minimum absolute atomic E-state index is 0.0375. The predicted octanol–water partition coefficient (Wildman–Crippen LogP) is 1.92. The zero-order valence-corrected chi connectivity index (χ0v) is 12.1. The first-order chi connectivity index (χ1) is 9.76. The summed E-state index contributed by atoms with van der Waals surface area (Å²) in [6.07, 6.45) is 2.17. The molecule has 0 aliphatic heterocycles. The van der Waals surface area contributed by atoms with Gasteiger partial charge in [0.2, 0.25) is 5.91 Å². The van der Waals surface area contributed by atoms with Crippen LogP contribution in [0.4, 0.5) is 5.69 Å². The molecule has 0 saturated heterocycles. The molecular formula is C15H24N2O3. The summed E-state index contributed by atoms with van der Waals surface area (Å²) in [5, 5.41) is 2.76. The largest absolute Gasteiger partial charge is 0.379 e. The molecule has 5 heteroatoms. The van der Waals surface area contributed by atoms with Crippen molar-refractivity contribution < 1.29 is 14.3 Å². The Kier molecular flexibility index (Phi) is 8.62. The van der Waals surface area contributed by atoms with Crippen molar-refractivity contribution in [3.8, 4) is 0 Å². The van der Waals surface area contributed by atoms with Gasteiger partial charge in [0.15, 0.2) is 0 Å². The number of nitrogens with one attached hydrogen (secondary N) is 1. The molecule has 1 aromatic rings. The average molecular weight is 280 g/mol. The van der Waals surface area contributed by atoms with Crippen LogP contribution in [0.3, 0.4) is 0 Å². The van der Waals surface area contributed by atoms with Crippen molar-refractivity contribution in [3.05, 3.63) is 29.8 Å². The van der Waals surface area contributed by atoms with Crippen LogP contribution >= 0.6 is 0 Å². The van der Waals surface area contributed by atoms with Gasteiger partial charge >= 0.3 is 0 Å². The van der Waals surface area contributed by atoms with E-state index in [4.69, 9.17) is 15.2 Å². The van der Waals surface area contributed by atoms with Crippen LogP contribution in [0.15, 0.2) is 24.3 Å². The molecule has 0 radical (unpaired) electrons. The molecule has 20 heavy (non-hydrogen) atoms. The second-order valence-corrected chi connectivity index (χ2v) is 4.47. The number of hydrogen-bond acceptors (Lipinski definition) is 4. The van der Waals surface area contributed by atoms with Gasteiger partial charge in [-0.1, -0.05) is 25.5 Å². The van der Waals surface area contributed by atoms with Crippen LogP contribution in [0, 0.1) is 0 Å². The summed E-state index contributed by atoms with van der Waals surface area (Å²) >= 11 is 0. The molecule has 112 valence electrons. The van der Waals surface area contributed by atoms with Crippen molar-refractivity contribution in [2.45, 2.75) is 26.3 Å². The molecule has 1 aromatic carbocycles. The number of nitrogens with two attached hydrogens (primary N) is 1. The maximum atomic E-state index is 11.6. The molecule has 0 fully saturated rings. The van der Waals surface area contributed by atoms with Crippen LogP contribution in [0.2, 0.25) is 0 Å². The minimum atomic E-state index is -0.168. The summed E-state index contributed by atoms with van der Waals surface area (Å²) in [5.74, 6) is -0.168. The van der Waals surface area contributed by atoms with E-state index in [-0.39, 0.29) is 12.5 Å². The van der Waals surface area contributed by atoms with Crippen molar-refractivity contribution >= 4 is 11.6 Å². The number of amides is 1. The highest BCUT2D eigenvalue weighted by atomic mass is 16.5. The average Bonchev–Trinajstić information content (AvgIpc) is 2.47. The number of benzene rings is 1. The zero-order valence-electron chi connectivity index (χ0n) is 12.1. The summed E-state index contributed by atoms with van der Waals surface area (Å²) < 4.78 is 10.6. The Labute approximate surface area is 120 Å². The molecule has 0 aliphatic rings. The van der Waals surface area contributed by atoms with E-state index < -0.39 is 0 Å². The number of unbranched alkanes of at least 4 members (excludes halogenated alkanes) is 1. The van der Waals surface area contributed by atoms with Crippen molar-refractivity contribution in [3.63, 3.8) is 0 Å². The van der Waals surface area contributed by atoms with E-state index in [9.17, 15) is 4.79 Å². The Morgan fingerprint density at radius 2 is 1.85 bits per heavy atom. The van der Waals surface area contributed by atoms with E-state index >= 15 is 0 Å². The second kappa shape index (κ2) is 10.4. The number of carbonyl (C=O) groups excluding carboxylic acids is 1. The summed E-state index contributed by atoms with van der Waals surface area (Å²) in [4.78, 5) is 11.6. The third-order valence-electron chi connectivity index (χ3n) is 2.72. The molecule has 3 N–H and O–H groups in total. The van der Waals surface area contributed by atoms with Gasteiger partial charge in [0, 0.05) is 18.8 Å². The van der Waals surface area contributed by atoms with Crippen LogP contribution in [0.5, 0.6) is 0 Å². The van der Waals surface area contributed by atoms with Gasteiger partial charge in [-0.15, -0.1) is 0 Å². The number of ether oxygens (including phenoxy) is 2. The molecule has 0 unspecified atom stereocenters. The summed E-state index contributed by atoms with van der Waals surface area (Å²) in [5.41, 5.74) is 7.28. The van der Waals surface area contributed by atoms with Gasteiger partial charge in [-0.2, -0.15) is 0 Å². The van der Waals surface area contributed by atoms with E-state index in [1.54, 1.807) is 0 Å². The molecule has 0 spiro atoms. The quantitative estimate of drug-likeness (QED) is 0.642. The molecule has 1 rings (SSSR count). The molecular weight excluding hydrogens is 256 g/mol. The zero-order chi connectivity index (χ0) is 14.6. The van der Waals surface area contributed by atoms with E-state index in [2.05, 4.69) is 12.2 Å². The third-order valence-corrected chi connectivity index (χ3v) is 2.72. The SMILES string of the molecule is CCCCOCCOCC(=O)Nc1ccc(CN)cc1. The monoisotopic (exact) mass is 280 g/mol. The van der Waals surface area contributed by atoms with Crippen molar-refractivity contribution in [1.82, 2.24) is 0 Å². The van der Waals surface area contributed by atoms with Crippen LogP contribution in [-0.4, -0.2) is 32.3 Å². The summed E-state index contributed by atoms with van der Waals surface area (Å²) in [6.45, 7) is 4.36. The highest BCUT2D eigenvalue weighted by molar-refractivity contribution is 5.91. The molecule has 1 amide bonds. The molecule has 5 nitrogen and oxygen atoms in total. The van der Waals surface area contributed by atoms with Crippen molar-refractivity contribution in [2.75, 3.05) is 31.7 Å². The van der Waals surface area contributed by atoms with E-state index in [0.29, 0.717) is 19.8 Å². The lowest BCUT2D eigenvalue weighted by atomic mass is 10.2. The van der Waals surface area contributed by atoms with E-state index in [0.717, 1.165) is 30.7 Å². The first-order valence-corrected chi connectivity index (χ1v) is 7.00. The number of anilines is 1. The van der Waals surface area contributed by atoms with E-state index in [1.165, 1.54) is 0 Å². The standard InChI is InChI=1S/C15H24N2O3/c1-2-3-8-19-9-10-20-12-15(18)17-14-6-4-13(11-16)5-7-14/h4-7H,2-3,8-12,16H2,1H3,(H,17,18). The van der Waals surface area contributed by atoms with Crippen molar-refractivity contribution in [2.24, 2.45) is 5.73 Å². The smallest absolute Gasteiger partial charge is 0.250 e. The number of hydrogen-bond donors (Lipinski definition) is 2. The fourth-order valence-corrected chi connectivity index (χ4v) is 1.55. The number of rotatable bonds is 10. The van der Waals surface area contributed by atoms with E-state index in [1.807, 2.05) is 24.3 Å². The predicted molar refractivity (Wildman–Crippen MR) is 79.5 cm³/mol. The maximum Gasteiger partial charge on any atom is 0.250 e. The van der Waals surface area contributed by atoms with Gasteiger partial charge in [0.25, 0.3) is 0 Å². The molecule has 0 saturated carbocycles. The Morgan fingerprint density at radius 1 is 1.15 bits per heavy atom. The highest BCUT2D eigenvalue weighted by Crippen LogP contribution is 2.08.